The first-order valence-corrected chi connectivity index (χ1v) is 6.89. The quantitative estimate of drug-likeness (QED) is 0.547. The van der Waals surface area contributed by atoms with Crippen LogP contribution >= 0.6 is 0 Å². The van der Waals surface area contributed by atoms with Crippen molar-refractivity contribution in [3.63, 3.8) is 0 Å². The molecule has 0 aliphatic heterocycles. The lowest BCUT2D eigenvalue weighted by Crippen LogP contribution is -2.21. The average molecular weight is 294 g/mol. The van der Waals surface area contributed by atoms with Crippen LogP contribution in [0.4, 0.5) is 11.4 Å². The molecule has 0 aromatic heterocycles. The van der Waals surface area contributed by atoms with Gasteiger partial charge in [0.25, 0.3) is 5.69 Å². The number of hydrogen-bond donors (Lipinski definition) is 3. The van der Waals surface area contributed by atoms with Gasteiger partial charge < -0.3 is 15.5 Å². The van der Waals surface area contributed by atoms with Crippen molar-refractivity contribution in [2.75, 3.05) is 18.5 Å². The molecule has 1 aliphatic rings. The van der Waals surface area contributed by atoms with E-state index in [1.807, 2.05) is 0 Å². The molecule has 1 aromatic rings. The summed E-state index contributed by atoms with van der Waals surface area (Å²) in [6, 6.07) is 3.76. The van der Waals surface area contributed by atoms with Gasteiger partial charge in [-0.25, -0.2) is 4.79 Å². The minimum Gasteiger partial charge on any atom is -0.478 e. The first kappa shape index (κ1) is 15.2. The summed E-state index contributed by atoms with van der Waals surface area (Å²) in [5, 5.41) is 32.2. The zero-order valence-electron chi connectivity index (χ0n) is 11.5. The lowest BCUT2D eigenvalue weighted by atomic mass is 9.97. The Morgan fingerprint density at radius 3 is 2.71 bits per heavy atom. The molecule has 7 heteroatoms. The van der Waals surface area contributed by atoms with E-state index in [0.717, 1.165) is 25.3 Å². The molecule has 0 saturated heterocycles. The van der Waals surface area contributed by atoms with Crippen LogP contribution in [0.15, 0.2) is 18.2 Å². The molecule has 7 nitrogen and oxygen atoms in total. The van der Waals surface area contributed by atoms with Crippen molar-refractivity contribution in [3.05, 3.63) is 33.9 Å². The van der Waals surface area contributed by atoms with Gasteiger partial charge in [0.05, 0.1) is 10.5 Å². The summed E-state index contributed by atoms with van der Waals surface area (Å²) in [5.74, 6) is -0.665. The number of carboxylic acids is 1. The number of nitro groups is 1. The summed E-state index contributed by atoms with van der Waals surface area (Å²) in [6.45, 7) is 0.696. The smallest absolute Gasteiger partial charge is 0.338 e. The zero-order valence-corrected chi connectivity index (χ0v) is 11.5. The number of aliphatic hydroxyl groups excluding tert-OH is 1. The van der Waals surface area contributed by atoms with Crippen LogP contribution in [0.3, 0.4) is 0 Å². The molecule has 114 valence electrons. The molecule has 0 heterocycles. The molecule has 0 amide bonds. The molecule has 1 fully saturated rings. The van der Waals surface area contributed by atoms with Gasteiger partial charge in [-0.2, -0.15) is 0 Å². The first-order valence-electron chi connectivity index (χ1n) is 6.89. The molecule has 0 radical (unpaired) electrons. The molecular weight excluding hydrogens is 276 g/mol. The van der Waals surface area contributed by atoms with Gasteiger partial charge in [-0.15, -0.1) is 0 Å². The van der Waals surface area contributed by atoms with Crippen LogP contribution in [0.25, 0.3) is 0 Å². The fourth-order valence-corrected chi connectivity index (χ4v) is 2.84. The highest BCUT2D eigenvalue weighted by Gasteiger charge is 2.26. The van der Waals surface area contributed by atoms with Gasteiger partial charge in [0.15, 0.2) is 0 Å². The van der Waals surface area contributed by atoms with E-state index in [0.29, 0.717) is 18.2 Å². The molecule has 1 aromatic carbocycles. The number of rotatable bonds is 6. The molecule has 2 rings (SSSR count). The van der Waals surface area contributed by atoms with Gasteiger partial charge in [-0.1, -0.05) is 6.42 Å². The largest absolute Gasteiger partial charge is 0.478 e. The number of anilines is 1. The molecule has 2 atom stereocenters. The Morgan fingerprint density at radius 2 is 2.10 bits per heavy atom. The van der Waals surface area contributed by atoms with E-state index >= 15 is 0 Å². The second-order valence-electron chi connectivity index (χ2n) is 5.31. The Labute approximate surface area is 121 Å². The first-order chi connectivity index (χ1) is 10.0. The number of benzene rings is 1. The summed E-state index contributed by atoms with van der Waals surface area (Å²) >= 11 is 0. The van der Waals surface area contributed by atoms with Gasteiger partial charge in [0.2, 0.25) is 0 Å². The number of non-ortho nitro benzene ring substituents is 1. The highest BCUT2D eigenvalue weighted by molar-refractivity contribution is 5.95. The Hall–Kier alpha value is -2.15. The third-order valence-electron chi connectivity index (χ3n) is 4.05. The molecular formula is C14H18N2O5. The van der Waals surface area contributed by atoms with Crippen molar-refractivity contribution in [3.8, 4) is 0 Å². The standard InChI is InChI=1S/C14H18N2O5/c17-8-10-3-1-2-9(10)7-15-13-5-4-11(16(20)21)6-12(13)14(18)19/h4-6,9-10,15,17H,1-3,7-8H2,(H,18,19). The number of hydrogen-bond acceptors (Lipinski definition) is 5. The van der Waals surface area contributed by atoms with Gasteiger partial charge in [-0.05, 0) is 30.7 Å². The van der Waals surface area contributed by atoms with E-state index < -0.39 is 10.9 Å². The number of nitrogens with one attached hydrogen (secondary N) is 1. The molecule has 21 heavy (non-hydrogen) atoms. The minimum absolute atomic E-state index is 0.109. The van der Waals surface area contributed by atoms with Crippen molar-refractivity contribution in [1.82, 2.24) is 0 Å². The van der Waals surface area contributed by atoms with Crippen molar-refractivity contribution < 1.29 is 19.9 Å². The van der Waals surface area contributed by atoms with Crippen molar-refractivity contribution in [1.29, 1.82) is 0 Å². The van der Waals surface area contributed by atoms with Gasteiger partial charge >= 0.3 is 5.97 Å². The topological polar surface area (TPSA) is 113 Å². The Kier molecular flexibility index (Phi) is 4.74. The Balaban J connectivity index is 2.12. The Bertz CT molecular complexity index is 546. The summed E-state index contributed by atoms with van der Waals surface area (Å²) < 4.78 is 0. The van der Waals surface area contributed by atoms with Crippen LogP contribution in [0.1, 0.15) is 29.6 Å². The summed E-state index contributed by atoms with van der Waals surface area (Å²) in [4.78, 5) is 21.3. The number of aromatic carboxylic acids is 1. The molecule has 1 saturated carbocycles. The zero-order chi connectivity index (χ0) is 15.4. The minimum atomic E-state index is -1.20. The third kappa shape index (κ3) is 3.49. The molecule has 2 unspecified atom stereocenters. The predicted molar refractivity (Wildman–Crippen MR) is 76.5 cm³/mol. The average Bonchev–Trinajstić information content (AvgIpc) is 2.92. The second-order valence-corrected chi connectivity index (χ2v) is 5.31. The van der Waals surface area contributed by atoms with Gasteiger partial charge in [0.1, 0.15) is 0 Å². The number of carboxylic acid groups (broad SMARTS) is 1. The number of aliphatic hydroxyl groups is 1. The molecule has 3 N–H and O–H groups in total. The fourth-order valence-electron chi connectivity index (χ4n) is 2.84. The summed E-state index contributed by atoms with van der Waals surface area (Å²) in [5.41, 5.74) is 0.0199. The van der Waals surface area contributed by atoms with Crippen LogP contribution < -0.4 is 5.32 Å². The van der Waals surface area contributed by atoms with E-state index in [4.69, 9.17) is 5.11 Å². The van der Waals surface area contributed by atoms with Crippen molar-refractivity contribution >= 4 is 17.3 Å². The Morgan fingerprint density at radius 1 is 1.38 bits per heavy atom. The van der Waals surface area contributed by atoms with Gasteiger partial charge in [0, 0.05) is 31.0 Å². The number of nitro benzene ring substituents is 1. The second kappa shape index (κ2) is 6.53. The maximum Gasteiger partial charge on any atom is 0.338 e. The predicted octanol–water partition coefficient (Wildman–Crippen LogP) is 2.11. The number of nitrogens with zero attached hydrogens (tertiary/aromatic N) is 1. The van der Waals surface area contributed by atoms with Crippen molar-refractivity contribution in [2.24, 2.45) is 11.8 Å². The normalized spacial score (nSPS) is 21.2. The maximum absolute atomic E-state index is 11.2. The number of carbonyl (C=O) groups is 1. The highest BCUT2D eigenvalue weighted by Crippen LogP contribution is 2.32. The van der Waals surface area contributed by atoms with E-state index in [1.165, 1.54) is 12.1 Å². The highest BCUT2D eigenvalue weighted by atomic mass is 16.6. The van der Waals surface area contributed by atoms with E-state index in [2.05, 4.69) is 5.32 Å². The molecule has 0 bridgehead atoms. The van der Waals surface area contributed by atoms with Crippen LogP contribution in [0.5, 0.6) is 0 Å². The van der Waals surface area contributed by atoms with E-state index in [-0.39, 0.29) is 23.8 Å². The van der Waals surface area contributed by atoms with Crippen LogP contribution in [-0.4, -0.2) is 34.3 Å². The summed E-state index contributed by atoms with van der Waals surface area (Å²) in [7, 11) is 0. The van der Waals surface area contributed by atoms with Crippen LogP contribution in [0, 0.1) is 22.0 Å². The molecule has 0 spiro atoms. The van der Waals surface area contributed by atoms with E-state index in [1.54, 1.807) is 0 Å². The van der Waals surface area contributed by atoms with E-state index in [9.17, 15) is 20.0 Å². The third-order valence-corrected chi connectivity index (χ3v) is 4.05. The van der Waals surface area contributed by atoms with Crippen LogP contribution in [0.2, 0.25) is 0 Å². The fraction of sp³-hybridized carbons (Fsp3) is 0.500. The molecule has 1 aliphatic carbocycles. The maximum atomic E-state index is 11.2. The lowest BCUT2D eigenvalue weighted by Gasteiger charge is -2.19. The lowest BCUT2D eigenvalue weighted by molar-refractivity contribution is -0.384. The SMILES string of the molecule is O=C(O)c1cc([N+](=O)[O-])ccc1NCC1CCCC1CO. The summed E-state index contributed by atoms with van der Waals surface area (Å²) in [6.07, 6.45) is 3.03. The van der Waals surface area contributed by atoms with Gasteiger partial charge in [-0.3, -0.25) is 10.1 Å². The van der Waals surface area contributed by atoms with Crippen LogP contribution in [-0.2, 0) is 0 Å². The monoisotopic (exact) mass is 294 g/mol. The van der Waals surface area contributed by atoms with Crippen molar-refractivity contribution in [2.45, 2.75) is 19.3 Å².